The van der Waals surface area contributed by atoms with Crippen molar-refractivity contribution in [3.63, 3.8) is 0 Å². The molecular formula is C8H10NO2P. The predicted molar refractivity (Wildman–Crippen MR) is 48.8 cm³/mol. The molecule has 1 heterocycles. The lowest BCUT2D eigenvalue weighted by molar-refractivity contribution is 0.499. The molecule has 0 radical (unpaired) electrons. The van der Waals surface area contributed by atoms with Crippen molar-refractivity contribution in [3.05, 3.63) is 24.3 Å². The van der Waals surface area contributed by atoms with Gasteiger partial charge in [-0.05, 0) is 12.1 Å². The van der Waals surface area contributed by atoms with Crippen LogP contribution < -0.4 is 9.61 Å². The van der Waals surface area contributed by atoms with Gasteiger partial charge in [-0.25, -0.2) is 0 Å². The number of hydrogen-bond donors (Lipinski definition) is 1. The first kappa shape index (κ1) is 7.69. The Labute approximate surface area is 71.3 Å². The van der Waals surface area contributed by atoms with Crippen molar-refractivity contribution < 1.29 is 9.09 Å². The number of hydrogen-bond acceptors (Lipinski definition) is 2. The zero-order chi connectivity index (χ0) is 8.60. The Morgan fingerprint density at radius 2 is 2.25 bits per heavy atom. The van der Waals surface area contributed by atoms with Gasteiger partial charge in [-0.1, -0.05) is 19.1 Å². The summed E-state index contributed by atoms with van der Waals surface area (Å²) in [4.78, 5) is 0. The smallest absolute Gasteiger partial charge is 0.341 e. The van der Waals surface area contributed by atoms with Crippen molar-refractivity contribution >= 4 is 13.2 Å². The summed E-state index contributed by atoms with van der Waals surface area (Å²) in [5, 5.41) is 2.89. The maximum atomic E-state index is 11.7. The van der Waals surface area contributed by atoms with Gasteiger partial charge in [0.1, 0.15) is 0 Å². The Morgan fingerprint density at radius 3 is 2.92 bits per heavy atom. The highest BCUT2D eigenvalue weighted by molar-refractivity contribution is 7.61. The van der Waals surface area contributed by atoms with Crippen LogP contribution in [0, 0.1) is 0 Å². The van der Waals surface area contributed by atoms with E-state index in [1.54, 1.807) is 0 Å². The van der Waals surface area contributed by atoms with Crippen molar-refractivity contribution in [2.75, 3.05) is 11.2 Å². The molecule has 1 aromatic rings. The fraction of sp³-hybridized carbons (Fsp3) is 0.250. The second-order valence-electron chi connectivity index (χ2n) is 2.69. The molecule has 3 nitrogen and oxygen atoms in total. The van der Waals surface area contributed by atoms with Crippen LogP contribution in [0.3, 0.4) is 0 Å². The van der Waals surface area contributed by atoms with E-state index in [1.165, 1.54) is 0 Å². The highest BCUT2D eigenvalue weighted by Crippen LogP contribution is 2.55. The maximum Gasteiger partial charge on any atom is 0.341 e. The van der Waals surface area contributed by atoms with E-state index < -0.39 is 7.52 Å². The minimum absolute atomic E-state index is 0.516. The molecule has 0 aliphatic carbocycles. The minimum atomic E-state index is -2.58. The number of fused-ring (bicyclic) bond motifs is 1. The second-order valence-corrected chi connectivity index (χ2v) is 5.07. The SMILES string of the molecule is CCP1(=O)Nc2ccccc2O1. The van der Waals surface area contributed by atoms with Gasteiger partial charge in [0.15, 0.2) is 5.75 Å². The fourth-order valence-electron chi connectivity index (χ4n) is 1.15. The lowest BCUT2D eigenvalue weighted by atomic mass is 10.3. The molecule has 1 aliphatic rings. The summed E-state index contributed by atoms with van der Waals surface area (Å²) in [5.74, 6) is 0.697. The normalized spacial score (nSPS) is 25.8. The molecule has 64 valence electrons. The number of para-hydroxylation sites is 2. The van der Waals surface area contributed by atoms with Gasteiger partial charge in [0.2, 0.25) is 0 Å². The van der Waals surface area contributed by atoms with Gasteiger partial charge in [0.25, 0.3) is 0 Å². The van der Waals surface area contributed by atoms with Crippen molar-refractivity contribution in [2.24, 2.45) is 0 Å². The largest absolute Gasteiger partial charge is 0.427 e. The van der Waals surface area contributed by atoms with E-state index >= 15 is 0 Å². The molecule has 0 bridgehead atoms. The van der Waals surface area contributed by atoms with Crippen LogP contribution in [0.1, 0.15) is 6.92 Å². The summed E-state index contributed by atoms with van der Waals surface area (Å²) in [6.45, 7) is 1.85. The first-order chi connectivity index (χ1) is 5.73. The molecule has 1 N–H and O–H groups in total. The van der Waals surface area contributed by atoms with Gasteiger partial charge < -0.3 is 9.61 Å². The number of rotatable bonds is 1. The van der Waals surface area contributed by atoms with Crippen LogP contribution in [-0.2, 0) is 4.57 Å². The third-order valence-electron chi connectivity index (χ3n) is 1.84. The van der Waals surface area contributed by atoms with E-state index in [9.17, 15) is 4.57 Å². The van der Waals surface area contributed by atoms with Crippen LogP contribution >= 0.6 is 7.52 Å². The highest BCUT2D eigenvalue weighted by atomic mass is 31.2. The van der Waals surface area contributed by atoms with Gasteiger partial charge in [-0.3, -0.25) is 4.57 Å². The molecule has 0 amide bonds. The van der Waals surface area contributed by atoms with E-state index in [-0.39, 0.29) is 0 Å². The van der Waals surface area contributed by atoms with E-state index in [0.717, 1.165) is 5.69 Å². The van der Waals surface area contributed by atoms with Crippen molar-refractivity contribution in [1.29, 1.82) is 0 Å². The van der Waals surface area contributed by atoms with Crippen LogP contribution in [0.2, 0.25) is 0 Å². The topological polar surface area (TPSA) is 38.3 Å². The zero-order valence-corrected chi connectivity index (χ0v) is 7.67. The van der Waals surface area contributed by atoms with Crippen LogP contribution in [0.4, 0.5) is 5.69 Å². The summed E-state index contributed by atoms with van der Waals surface area (Å²) >= 11 is 0. The Morgan fingerprint density at radius 1 is 1.50 bits per heavy atom. The lowest BCUT2D eigenvalue weighted by Crippen LogP contribution is -1.95. The fourth-order valence-corrected chi connectivity index (χ4v) is 2.51. The van der Waals surface area contributed by atoms with Gasteiger partial charge in [0, 0.05) is 0 Å². The zero-order valence-electron chi connectivity index (χ0n) is 6.78. The Hall–Kier alpha value is -0.950. The molecular weight excluding hydrogens is 173 g/mol. The Balaban J connectivity index is 2.39. The molecule has 1 unspecified atom stereocenters. The molecule has 1 aromatic carbocycles. The standard InChI is InChI=1S/C8H10NO2P/c1-2-12(10)9-7-5-3-4-6-8(7)11-12/h3-6H,2H2,1H3,(H,9,10). The van der Waals surface area contributed by atoms with E-state index in [1.807, 2.05) is 31.2 Å². The van der Waals surface area contributed by atoms with Gasteiger partial charge in [-0.2, -0.15) is 0 Å². The molecule has 1 aliphatic heterocycles. The molecule has 0 aromatic heterocycles. The average molecular weight is 183 g/mol. The lowest BCUT2D eigenvalue weighted by Gasteiger charge is -2.07. The maximum absolute atomic E-state index is 11.7. The van der Waals surface area contributed by atoms with Crippen molar-refractivity contribution in [1.82, 2.24) is 0 Å². The van der Waals surface area contributed by atoms with Crippen LogP contribution in [-0.4, -0.2) is 6.16 Å². The third-order valence-corrected chi connectivity index (χ3v) is 3.75. The third kappa shape index (κ3) is 1.10. The molecule has 0 spiro atoms. The van der Waals surface area contributed by atoms with Gasteiger partial charge in [-0.15, -0.1) is 0 Å². The van der Waals surface area contributed by atoms with E-state index in [0.29, 0.717) is 11.9 Å². The molecule has 1 atom stereocenters. The number of benzene rings is 1. The minimum Gasteiger partial charge on any atom is -0.427 e. The summed E-state index contributed by atoms with van der Waals surface area (Å²) in [5.41, 5.74) is 0.836. The quantitative estimate of drug-likeness (QED) is 0.680. The van der Waals surface area contributed by atoms with Gasteiger partial charge >= 0.3 is 7.52 Å². The molecule has 4 heteroatoms. The second kappa shape index (κ2) is 2.53. The molecule has 0 fully saturated rings. The predicted octanol–water partition coefficient (Wildman–Crippen LogP) is 2.70. The first-order valence-electron chi connectivity index (χ1n) is 3.89. The van der Waals surface area contributed by atoms with Gasteiger partial charge in [0.05, 0.1) is 11.8 Å². The Kier molecular flexibility index (Phi) is 1.62. The van der Waals surface area contributed by atoms with Crippen LogP contribution in [0.15, 0.2) is 24.3 Å². The van der Waals surface area contributed by atoms with Crippen LogP contribution in [0.25, 0.3) is 0 Å². The summed E-state index contributed by atoms with van der Waals surface area (Å²) in [6, 6.07) is 7.44. The van der Waals surface area contributed by atoms with Crippen molar-refractivity contribution in [3.8, 4) is 5.75 Å². The van der Waals surface area contributed by atoms with Crippen molar-refractivity contribution in [2.45, 2.75) is 6.92 Å². The monoisotopic (exact) mass is 183 g/mol. The molecule has 0 saturated carbocycles. The number of anilines is 1. The van der Waals surface area contributed by atoms with E-state index in [4.69, 9.17) is 4.52 Å². The summed E-state index contributed by atoms with van der Waals surface area (Å²) in [6.07, 6.45) is 0.516. The molecule has 2 rings (SSSR count). The number of nitrogens with one attached hydrogen (secondary N) is 1. The first-order valence-corrected chi connectivity index (χ1v) is 5.70. The molecule has 12 heavy (non-hydrogen) atoms. The highest BCUT2D eigenvalue weighted by Gasteiger charge is 2.30. The van der Waals surface area contributed by atoms with Crippen LogP contribution in [0.5, 0.6) is 5.75 Å². The summed E-state index contributed by atoms with van der Waals surface area (Å²) < 4.78 is 17.0. The van der Waals surface area contributed by atoms with E-state index in [2.05, 4.69) is 5.09 Å². The Bertz CT molecular complexity index is 322. The molecule has 0 saturated heterocycles. The summed E-state index contributed by atoms with van der Waals surface area (Å²) in [7, 11) is -2.58. The average Bonchev–Trinajstić information content (AvgIpc) is 2.42.